The predicted octanol–water partition coefficient (Wildman–Crippen LogP) is 8.83. The van der Waals surface area contributed by atoms with Gasteiger partial charge >= 0.3 is 6.03 Å². The van der Waals surface area contributed by atoms with E-state index in [1.54, 1.807) is 37.1 Å². The molecule has 1 heterocycles. The third-order valence-corrected chi connectivity index (χ3v) is 9.85. The Morgan fingerprint density at radius 3 is 2.53 bits per heavy atom. The maximum atomic E-state index is 13.8. The summed E-state index contributed by atoms with van der Waals surface area (Å²) in [5, 5.41) is 6.13. The largest absolute Gasteiger partial charge is 0.495 e. The van der Waals surface area contributed by atoms with Crippen LogP contribution in [0.4, 0.5) is 21.9 Å². The Hall–Kier alpha value is -4.11. The Kier molecular flexibility index (Phi) is 8.79. The number of anilines is 3. The van der Waals surface area contributed by atoms with Crippen molar-refractivity contribution in [1.29, 1.82) is 0 Å². The first-order chi connectivity index (χ1) is 21.0. The number of methoxy groups -OCH3 is 1. The van der Waals surface area contributed by atoms with Crippen LogP contribution in [0.25, 0.3) is 0 Å². The Balaban J connectivity index is 1.24. The van der Waals surface area contributed by atoms with E-state index >= 15 is 0 Å². The van der Waals surface area contributed by atoms with E-state index in [1.807, 2.05) is 95.9 Å². The average Bonchev–Trinajstić information content (AvgIpc) is 3.03. The van der Waals surface area contributed by atoms with Gasteiger partial charge in [0, 0.05) is 20.5 Å². The third-order valence-electron chi connectivity index (χ3n) is 7.06. The number of fused-ring (bicyclic) bond motifs is 2. The molecule has 9 heteroatoms. The van der Waals surface area contributed by atoms with Crippen molar-refractivity contribution in [2.45, 2.75) is 26.3 Å². The van der Waals surface area contributed by atoms with E-state index in [4.69, 9.17) is 16.3 Å². The van der Waals surface area contributed by atoms with Gasteiger partial charge < -0.3 is 15.4 Å². The number of nitrogens with zero attached hydrogens (tertiary/aromatic N) is 1. The molecule has 1 aliphatic carbocycles. The number of para-hydroxylation sites is 1. The maximum Gasteiger partial charge on any atom is 0.326 e. The second kappa shape index (κ2) is 13.0. The minimum atomic E-state index is -0.582. The number of amides is 3. The van der Waals surface area contributed by atoms with Gasteiger partial charge in [-0.05, 0) is 54.1 Å². The Morgan fingerprint density at radius 1 is 0.907 bits per heavy atom. The lowest BCUT2D eigenvalue weighted by molar-refractivity contribution is -0.115. The second-order valence-corrected chi connectivity index (χ2v) is 12.7. The SMILES string of the molecule is COc1ccc(Cl)cc1NC(=O)C(Sc1cccc(NC(=O)N2c3ccccc3SC3C=CC=CC32)c1)c1ccccc1. The lowest BCUT2D eigenvalue weighted by Gasteiger charge is -2.40. The molecule has 2 aliphatic rings. The quantitative estimate of drug-likeness (QED) is 0.201. The van der Waals surface area contributed by atoms with Crippen LogP contribution in [0.2, 0.25) is 5.02 Å². The molecule has 1 aliphatic heterocycles. The molecule has 0 fully saturated rings. The molecular weight excluding hydrogens is 598 g/mol. The number of allylic oxidation sites excluding steroid dienone is 2. The number of thioether (sulfide) groups is 2. The van der Waals surface area contributed by atoms with Crippen molar-refractivity contribution in [3.05, 3.63) is 132 Å². The summed E-state index contributed by atoms with van der Waals surface area (Å²) >= 11 is 9.37. The Bertz CT molecular complexity index is 1710. The number of urea groups is 1. The van der Waals surface area contributed by atoms with Crippen LogP contribution in [0.5, 0.6) is 5.75 Å². The zero-order valence-corrected chi connectivity index (χ0v) is 25.5. The van der Waals surface area contributed by atoms with E-state index in [0.717, 1.165) is 21.0 Å². The normalized spacial score (nSPS) is 17.4. The van der Waals surface area contributed by atoms with Crippen molar-refractivity contribution in [3.63, 3.8) is 0 Å². The van der Waals surface area contributed by atoms with Gasteiger partial charge in [0.1, 0.15) is 11.0 Å². The number of carbonyl (C=O) groups is 2. The zero-order chi connectivity index (χ0) is 29.8. The summed E-state index contributed by atoms with van der Waals surface area (Å²) < 4.78 is 5.43. The molecule has 0 aromatic heterocycles. The number of hydrogen-bond acceptors (Lipinski definition) is 5. The summed E-state index contributed by atoms with van der Waals surface area (Å²) in [4.78, 5) is 31.2. The standard InChI is InChI=1S/C34H28ClN3O3S2/c1-41-29-19-18-23(35)20-26(29)37-33(39)32(22-10-3-2-4-11-22)42-25-13-9-12-24(21-25)36-34(40)38-27-14-5-7-16-30(27)43-31-17-8-6-15-28(31)38/h2-21,27,30,32H,1H3,(H,36,40)(H,37,39). The van der Waals surface area contributed by atoms with Crippen molar-refractivity contribution in [3.8, 4) is 5.75 Å². The van der Waals surface area contributed by atoms with Crippen molar-refractivity contribution in [2.75, 3.05) is 22.6 Å². The van der Waals surface area contributed by atoms with E-state index in [9.17, 15) is 9.59 Å². The van der Waals surface area contributed by atoms with E-state index in [-0.39, 0.29) is 23.2 Å². The van der Waals surface area contributed by atoms with Crippen molar-refractivity contribution in [1.82, 2.24) is 0 Å². The van der Waals surface area contributed by atoms with Crippen LogP contribution in [0.3, 0.4) is 0 Å². The van der Waals surface area contributed by atoms with E-state index in [1.165, 1.54) is 11.8 Å². The first-order valence-electron chi connectivity index (χ1n) is 13.7. The van der Waals surface area contributed by atoms with Crippen LogP contribution >= 0.6 is 35.1 Å². The highest BCUT2D eigenvalue weighted by Crippen LogP contribution is 2.44. The molecule has 0 saturated carbocycles. The first kappa shape index (κ1) is 29.0. The first-order valence-corrected chi connectivity index (χ1v) is 15.8. The summed E-state index contributed by atoms with van der Waals surface area (Å²) in [5.41, 5.74) is 2.86. The number of ether oxygens (including phenoxy) is 1. The van der Waals surface area contributed by atoms with Crippen LogP contribution in [0, 0.1) is 0 Å². The lowest BCUT2D eigenvalue weighted by atomic mass is 10.1. The highest BCUT2D eigenvalue weighted by Gasteiger charge is 2.36. The number of nitrogens with one attached hydrogen (secondary N) is 2. The summed E-state index contributed by atoms with van der Waals surface area (Å²) in [5.74, 6) is 0.291. The van der Waals surface area contributed by atoms with Crippen LogP contribution < -0.4 is 20.3 Å². The van der Waals surface area contributed by atoms with Gasteiger partial charge in [0.2, 0.25) is 5.91 Å². The molecule has 3 unspecified atom stereocenters. The molecular formula is C34H28ClN3O3S2. The lowest BCUT2D eigenvalue weighted by Crippen LogP contribution is -2.49. The topological polar surface area (TPSA) is 70.7 Å². The van der Waals surface area contributed by atoms with E-state index in [2.05, 4.69) is 22.8 Å². The number of carbonyl (C=O) groups excluding carboxylic acids is 2. The molecule has 0 saturated heterocycles. The molecule has 6 nitrogen and oxygen atoms in total. The van der Waals surface area contributed by atoms with E-state index in [0.29, 0.717) is 22.1 Å². The molecule has 6 rings (SSSR count). The highest BCUT2D eigenvalue weighted by molar-refractivity contribution is 8.00. The molecule has 0 radical (unpaired) electrons. The molecule has 0 bridgehead atoms. The smallest absolute Gasteiger partial charge is 0.326 e. The minimum absolute atomic E-state index is 0.0999. The Morgan fingerprint density at radius 2 is 1.70 bits per heavy atom. The van der Waals surface area contributed by atoms with Crippen LogP contribution in [-0.4, -0.2) is 30.3 Å². The molecule has 43 heavy (non-hydrogen) atoms. The summed E-state index contributed by atoms with van der Waals surface area (Å²) in [6.45, 7) is 0. The van der Waals surface area contributed by atoms with Gasteiger partial charge in [-0.2, -0.15) is 0 Å². The monoisotopic (exact) mass is 625 g/mol. The van der Waals surface area contributed by atoms with Gasteiger partial charge in [-0.15, -0.1) is 23.5 Å². The fraction of sp³-hybridized carbons (Fsp3) is 0.118. The number of hydrogen-bond donors (Lipinski definition) is 2. The van der Waals surface area contributed by atoms with Gasteiger partial charge in [-0.25, -0.2) is 4.79 Å². The van der Waals surface area contributed by atoms with Gasteiger partial charge in [-0.3, -0.25) is 9.69 Å². The molecule has 4 aromatic rings. The van der Waals surface area contributed by atoms with E-state index < -0.39 is 5.25 Å². The van der Waals surface area contributed by atoms with Crippen molar-refractivity contribution < 1.29 is 14.3 Å². The molecule has 216 valence electrons. The highest BCUT2D eigenvalue weighted by atomic mass is 35.5. The van der Waals surface area contributed by atoms with Gasteiger partial charge in [0.25, 0.3) is 0 Å². The summed E-state index contributed by atoms with van der Waals surface area (Å²) in [6.07, 6.45) is 8.22. The van der Waals surface area contributed by atoms with Gasteiger partial charge in [0.05, 0.1) is 29.8 Å². The van der Waals surface area contributed by atoms with Gasteiger partial charge in [0.15, 0.2) is 0 Å². The molecule has 3 amide bonds. The van der Waals surface area contributed by atoms with Crippen LogP contribution in [-0.2, 0) is 4.79 Å². The maximum absolute atomic E-state index is 13.8. The van der Waals surface area contributed by atoms with Crippen LogP contribution in [0.15, 0.2) is 131 Å². The molecule has 3 atom stereocenters. The van der Waals surface area contributed by atoms with Gasteiger partial charge in [-0.1, -0.05) is 84.4 Å². The molecule has 4 aromatic carbocycles. The fourth-order valence-corrected chi connectivity index (χ4v) is 7.58. The number of benzene rings is 4. The second-order valence-electron chi connectivity index (χ2n) is 9.88. The molecule has 2 N–H and O–H groups in total. The summed E-state index contributed by atoms with van der Waals surface area (Å²) in [6, 6.07) is 29.9. The Labute approximate surface area is 264 Å². The zero-order valence-electron chi connectivity index (χ0n) is 23.1. The third kappa shape index (κ3) is 6.46. The van der Waals surface area contributed by atoms with Crippen molar-refractivity contribution in [2.24, 2.45) is 0 Å². The minimum Gasteiger partial charge on any atom is -0.495 e. The van der Waals surface area contributed by atoms with Crippen molar-refractivity contribution >= 4 is 64.1 Å². The fourth-order valence-electron chi connectivity index (χ4n) is 5.07. The average molecular weight is 626 g/mol. The van der Waals surface area contributed by atoms with Crippen LogP contribution in [0.1, 0.15) is 10.8 Å². The predicted molar refractivity (Wildman–Crippen MR) is 178 cm³/mol. The summed E-state index contributed by atoms with van der Waals surface area (Å²) in [7, 11) is 1.55. The number of rotatable bonds is 7. The molecule has 0 spiro atoms. The number of halogens is 1.